The maximum atomic E-state index is 13.1. The summed E-state index contributed by atoms with van der Waals surface area (Å²) in [6, 6.07) is 5.34. The van der Waals surface area contributed by atoms with Gasteiger partial charge >= 0.3 is 0 Å². The molecule has 21 heavy (non-hydrogen) atoms. The van der Waals surface area contributed by atoms with Gasteiger partial charge in [0.15, 0.2) is 11.6 Å². The van der Waals surface area contributed by atoms with Gasteiger partial charge in [0, 0.05) is 16.8 Å². The molecule has 0 aromatic heterocycles. The van der Waals surface area contributed by atoms with Crippen LogP contribution in [0.2, 0.25) is 5.02 Å². The van der Waals surface area contributed by atoms with Crippen molar-refractivity contribution in [3.05, 3.63) is 52.6 Å². The highest BCUT2D eigenvalue weighted by Crippen LogP contribution is 2.27. The number of nitrogens with two attached hydrogens (primary N) is 1. The van der Waals surface area contributed by atoms with Gasteiger partial charge in [-0.05, 0) is 36.8 Å². The molecule has 0 bridgehead atoms. The summed E-state index contributed by atoms with van der Waals surface area (Å²) in [5, 5.41) is 0.156. The zero-order chi connectivity index (χ0) is 15.8. The second-order valence-electron chi connectivity index (χ2n) is 4.35. The molecule has 0 radical (unpaired) electrons. The molecule has 0 saturated heterocycles. The summed E-state index contributed by atoms with van der Waals surface area (Å²) in [5.74, 6) is -2.22. The molecule has 0 aliphatic rings. The maximum absolute atomic E-state index is 13.1. The van der Waals surface area contributed by atoms with Gasteiger partial charge in [-0.3, -0.25) is 4.72 Å². The van der Waals surface area contributed by atoms with Gasteiger partial charge in [-0.25, -0.2) is 17.2 Å². The monoisotopic (exact) mass is 332 g/mol. The van der Waals surface area contributed by atoms with E-state index in [-0.39, 0.29) is 21.3 Å². The third kappa shape index (κ3) is 3.25. The molecular weight excluding hydrogens is 322 g/mol. The first-order valence-corrected chi connectivity index (χ1v) is 7.60. The van der Waals surface area contributed by atoms with Crippen LogP contribution in [0.25, 0.3) is 0 Å². The smallest absolute Gasteiger partial charge is 0.262 e. The van der Waals surface area contributed by atoms with Crippen LogP contribution in [0.4, 0.5) is 20.2 Å². The van der Waals surface area contributed by atoms with Crippen molar-refractivity contribution in [3.63, 3.8) is 0 Å². The van der Waals surface area contributed by atoms with Crippen LogP contribution in [-0.2, 0) is 10.0 Å². The molecule has 0 fully saturated rings. The van der Waals surface area contributed by atoms with Crippen molar-refractivity contribution in [2.45, 2.75) is 11.8 Å². The molecule has 0 spiro atoms. The lowest BCUT2D eigenvalue weighted by Gasteiger charge is -2.12. The van der Waals surface area contributed by atoms with Crippen LogP contribution in [0, 0.1) is 18.6 Å². The molecule has 8 heteroatoms. The van der Waals surface area contributed by atoms with Gasteiger partial charge < -0.3 is 5.73 Å². The number of nitrogens with one attached hydrogen (secondary N) is 1. The van der Waals surface area contributed by atoms with Gasteiger partial charge in [0.2, 0.25) is 0 Å². The summed E-state index contributed by atoms with van der Waals surface area (Å²) in [7, 11) is -4.02. The van der Waals surface area contributed by atoms with E-state index in [9.17, 15) is 17.2 Å². The van der Waals surface area contributed by atoms with Gasteiger partial charge in [0.05, 0.1) is 10.6 Å². The van der Waals surface area contributed by atoms with E-state index in [1.54, 1.807) is 0 Å². The number of sulfonamides is 1. The summed E-state index contributed by atoms with van der Waals surface area (Å²) >= 11 is 5.80. The van der Waals surface area contributed by atoms with Gasteiger partial charge in [-0.1, -0.05) is 11.6 Å². The molecule has 0 aliphatic heterocycles. The Hall–Kier alpha value is -1.86. The largest absolute Gasteiger partial charge is 0.398 e. The first kappa shape index (κ1) is 15.5. The lowest BCUT2D eigenvalue weighted by Crippen LogP contribution is -2.15. The number of rotatable bonds is 3. The van der Waals surface area contributed by atoms with E-state index in [0.29, 0.717) is 5.56 Å². The Morgan fingerprint density at radius 2 is 1.81 bits per heavy atom. The first-order valence-electron chi connectivity index (χ1n) is 5.74. The molecule has 0 unspecified atom stereocenters. The van der Waals surface area contributed by atoms with E-state index in [2.05, 4.69) is 4.72 Å². The van der Waals surface area contributed by atoms with Crippen LogP contribution in [0.3, 0.4) is 0 Å². The number of benzene rings is 2. The minimum absolute atomic E-state index is 0.105. The molecule has 2 aromatic rings. The Balaban J connectivity index is 2.45. The lowest BCUT2D eigenvalue weighted by molar-refractivity contribution is 0.509. The second-order valence-corrected chi connectivity index (χ2v) is 6.44. The molecular formula is C13H11ClF2N2O2S. The van der Waals surface area contributed by atoms with Crippen molar-refractivity contribution in [1.82, 2.24) is 0 Å². The third-order valence-electron chi connectivity index (χ3n) is 2.83. The van der Waals surface area contributed by atoms with E-state index in [1.165, 1.54) is 19.1 Å². The molecule has 0 heterocycles. The average molecular weight is 333 g/mol. The molecule has 3 N–H and O–H groups in total. The van der Waals surface area contributed by atoms with E-state index in [4.69, 9.17) is 17.3 Å². The summed E-state index contributed by atoms with van der Waals surface area (Å²) in [4.78, 5) is -0.128. The van der Waals surface area contributed by atoms with E-state index in [0.717, 1.165) is 18.2 Å². The van der Waals surface area contributed by atoms with Gasteiger partial charge in [-0.2, -0.15) is 0 Å². The number of hydrogen-bond acceptors (Lipinski definition) is 3. The highest BCUT2D eigenvalue weighted by molar-refractivity contribution is 7.92. The zero-order valence-corrected chi connectivity index (χ0v) is 12.4. The fourth-order valence-electron chi connectivity index (χ4n) is 1.72. The van der Waals surface area contributed by atoms with Gasteiger partial charge in [-0.15, -0.1) is 0 Å². The van der Waals surface area contributed by atoms with Gasteiger partial charge in [0.1, 0.15) is 0 Å². The number of nitrogen functional groups attached to an aromatic ring is 1. The quantitative estimate of drug-likeness (QED) is 0.847. The normalized spacial score (nSPS) is 11.4. The van der Waals surface area contributed by atoms with E-state index in [1.807, 2.05) is 0 Å². The maximum Gasteiger partial charge on any atom is 0.262 e. The van der Waals surface area contributed by atoms with Crippen molar-refractivity contribution in [2.75, 3.05) is 10.5 Å². The predicted molar refractivity (Wildman–Crippen MR) is 77.8 cm³/mol. The standard InChI is InChI=1S/C13H11ClF2N2O2S/c1-7-12(17)4-8(14)5-13(7)21(19,20)18-9-2-3-10(15)11(16)6-9/h2-6,18H,17H2,1H3. The molecule has 4 nitrogen and oxygen atoms in total. The molecule has 0 atom stereocenters. The third-order valence-corrected chi connectivity index (χ3v) is 4.55. The summed E-state index contributed by atoms with van der Waals surface area (Å²) in [5.41, 5.74) is 6.09. The van der Waals surface area contributed by atoms with Crippen molar-refractivity contribution in [1.29, 1.82) is 0 Å². The number of hydrogen-bond donors (Lipinski definition) is 2. The predicted octanol–water partition coefficient (Wildman–Crippen LogP) is 3.31. The van der Waals surface area contributed by atoms with Crippen molar-refractivity contribution in [2.24, 2.45) is 0 Å². The SMILES string of the molecule is Cc1c(N)cc(Cl)cc1S(=O)(=O)Nc1ccc(F)c(F)c1. The van der Waals surface area contributed by atoms with Gasteiger partial charge in [0.25, 0.3) is 10.0 Å². The Morgan fingerprint density at radius 1 is 1.14 bits per heavy atom. The Labute approximate surface area is 125 Å². The molecule has 2 rings (SSSR count). The second kappa shape index (κ2) is 5.50. The fourth-order valence-corrected chi connectivity index (χ4v) is 3.36. The lowest BCUT2D eigenvalue weighted by atomic mass is 10.2. The zero-order valence-electron chi connectivity index (χ0n) is 10.8. The highest BCUT2D eigenvalue weighted by Gasteiger charge is 2.20. The number of halogens is 3. The van der Waals surface area contributed by atoms with E-state index >= 15 is 0 Å². The molecule has 0 aliphatic carbocycles. The molecule has 112 valence electrons. The van der Waals surface area contributed by atoms with E-state index < -0.39 is 21.7 Å². The molecule has 2 aromatic carbocycles. The Morgan fingerprint density at radius 3 is 2.43 bits per heavy atom. The molecule has 0 amide bonds. The van der Waals surface area contributed by atoms with Crippen LogP contribution in [0.5, 0.6) is 0 Å². The van der Waals surface area contributed by atoms with Crippen LogP contribution in [0.15, 0.2) is 35.2 Å². The summed E-state index contributed by atoms with van der Waals surface area (Å²) in [6.07, 6.45) is 0. The number of anilines is 2. The minimum Gasteiger partial charge on any atom is -0.398 e. The first-order chi connectivity index (χ1) is 9.70. The molecule has 0 saturated carbocycles. The Bertz CT molecular complexity index is 810. The minimum atomic E-state index is -4.02. The fraction of sp³-hybridized carbons (Fsp3) is 0.0769. The topological polar surface area (TPSA) is 72.2 Å². The van der Waals surface area contributed by atoms with Crippen molar-refractivity contribution in [3.8, 4) is 0 Å². The summed E-state index contributed by atoms with van der Waals surface area (Å²) in [6.45, 7) is 1.52. The van der Waals surface area contributed by atoms with Crippen LogP contribution in [-0.4, -0.2) is 8.42 Å². The Kier molecular flexibility index (Phi) is 4.06. The summed E-state index contributed by atoms with van der Waals surface area (Å²) < 4.78 is 52.7. The van der Waals surface area contributed by atoms with Crippen LogP contribution in [0.1, 0.15) is 5.56 Å². The highest BCUT2D eigenvalue weighted by atomic mass is 35.5. The van der Waals surface area contributed by atoms with Crippen LogP contribution >= 0.6 is 11.6 Å². The van der Waals surface area contributed by atoms with Crippen molar-refractivity contribution >= 4 is 33.0 Å². The average Bonchev–Trinajstić information content (AvgIpc) is 2.37. The van der Waals surface area contributed by atoms with Crippen LogP contribution < -0.4 is 10.5 Å². The van der Waals surface area contributed by atoms with Crippen molar-refractivity contribution < 1.29 is 17.2 Å².